The first kappa shape index (κ1) is 13.5. The van der Waals surface area contributed by atoms with Crippen LogP contribution in [0.3, 0.4) is 0 Å². The fraction of sp³-hybridized carbons (Fsp3) is 0.692. The van der Waals surface area contributed by atoms with Crippen molar-refractivity contribution in [3.8, 4) is 0 Å². The summed E-state index contributed by atoms with van der Waals surface area (Å²) in [6.07, 6.45) is 6.04. The molecular formula is C13H22N4S. The van der Waals surface area contributed by atoms with E-state index in [9.17, 15) is 0 Å². The number of hydrogen-bond acceptors (Lipinski definition) is 5. The fourth-order valence-corrected chi connectivity index (χ4v) is 2.41. The summed E-state index contributed by atoms with van der Waals surface area (Å²) in [5, 5.41) is 7.54. The number of hydrogen-bond donors (Lipinski definition) is 2. The van der Waals surface area contributed by atoms with Gasteiger partial charge in [0.15, 0.2) is 5.16 Å². The summed E-state index contributed by atoms with van der Waals surface area (Å²) in [5.41, 5.74) is 0. The van der Waals surface area contributed by atoms with Crippen LogP contribution in [-0.2, 0) is 0 Å². The van der Waals surface area contributed by atoms with Gasteiger partial charge in [-0.25, -0.2) is 9.97 Å². The van der Waals surface area contributed by atoms with Gasteiger partial charge in [-0.15, -0.1) is 0 Å². The van der Waals surface area contributed by atoms with Crippen LogP contribution in [0.2, 0.25) is 0 Å². The minimum Gasteiger partial charge on any atom is -0.370 e. The van der Waals surface area contributed by atoms with Crippen molar-refractivity contribution in [1.82, 2.24) is 9.97 Å². The van der Waals surface area contributed by atoms with Gasteiger partial charge < -0.3 is 10.6 Å². The highest BCUT2D eigenvalue weighted by Crippen LogP contribution is 2.34. The third kappa shape index (κ3) is 4.05. The lowest BCUT2D eigenvalue weighted by Crippen LogP contribution is -2.17. The Morgan fingerprint density at radius 3 is 2.72 bits per heavy atom. The van der Waals surface area contributed by atoms with Gasteiger partial charge >= 0.3 is 0 Å². The molecule has 1 atom stereocenters. The number of nitrogens with zero attached hydrogens (tertiary/aromatic N) is 2. The molecule has 0 bridgehead atoms. The molecule has 1 aromatic rings. The molecule has 1 aliphatic rings. The second-order valence-corrected chi connectivity index (χ2v) is 5.65. The molecule has 1 saturated carbocycles. The summed E-state index contributed by atoms with van der Waals surface area (Å²) in [6.45, 7) is 5.18. The Bertz CT molecular complexity index is 393. The van der Waals surface area contributed by atoms with Crippen LogP contribution in [0.1, 0.15) is 33.1 Å². The lowest BCUT2D eigenvalue weighted by Gasteiger charge is -2.15. The van der Waals surface area contributed by atoms with E-state index in [1.165, 1.54) is 19.3 Å². The van der Waals surface area contributed by atoms with E-state index < -0.39 is 0 Å². The normalized spacial score (nSPS) is 16.4. The van der Waals surface area contributed by atoms with Crippen molar-refractivity contribution in [3.63, 3.8) is 0 Å². The Hall–Kier alpha value is -0.970. The zero-order chi connectivity index (χ0) is 13.0. The average Bonchev–Trinajstić information content (AvgIpc) is 3.12. The fourth-order valence-electron chi connectivity index (χ4n) is 2.03. The Labute approximate surface area is 113 Å². The summed E-state index contributed by atoms with van der Waals surface area (Å²) < 4.78 is 0. The standard InChI is InChI=1S/C13H22N4S/c1-4-14-11-8-12(17-13(16-11)18-3)15-9(2)7-10-5-6-10/h8-10H,4-7H2,1-3H3,(H2,14,15,16,17). The van der Waals surface area contributed by atoms with E-state index in [1.807, 2.05) is 12.3 Å². The SMILES string of the molecule is CCNc1cc(NC(C)CC2CC2)nc(SC)n1. The van der Waals surface area contributed by atoms with Gasteiger partial charge in [-0.1, -0.05) is 24.6 Å². The molecule has 1 aromatic heterocycles. The molecule has 4 nitrogen and oxygen atoms in total. The van der Waals surface area contributed by atoms with Gasteiger partial charge in [-0.05, 0) is 32.4 Å². The predicted molar refractivity (Wildman–Crippen MR) is 78.4 cm³/mol. The van der Waals surface area contributed by atoms with Crippen LogP contribution >= 0.6 is 11.8 Å². The van der Waals surface area contributed by atoms with E-state index >= 15 is 0 Å². The molecule has 100 valence electrons. The lowest BCUT2D eigenvalue weighted by atomic mass is 10.1. The third-order valence-corrected chi connectivity index (χ3v) is 3.57. The van der Waals surface area contributed by atoms with E-state index in [4.69, 9.17) is 0 Å². The van der Waals surface area contributed by atoms with Crippen molar-refractivity contribution < 1.29 is 0 Å². The molecule has 2 N–H and O–H groups in total. The topological polar surface area (TPSA) is 49.8 Å². The van der Waals surface area contributed by atoms with Crippen molar-refractivity contribution in [2.24, 2.45) is 5.92 Å². The van der Waals surface area contributed by atoms with Gasteiger partial charge in [-0.3, -0.25) is 0 Å². The van der Waals surface area contributed by atoms with Gasteiger partial charge in [0.25, 0.3) is 0 Å². The molecule has 0 amide bonds. The van der Waals surface area contributed by atoms with Crippen molar-refractivity contribution in [1.29, 1.82) is 0 Å². The second-order valence-electron chi connectivity index (χ2n) is 4.88. The molecule has 0 aliphatic heterocycles. The van der Waals surface area contributed by atoms with Gasteiger partial charge in [0.05, 0.1) is 0 Å². The van der Waals surface area contributed by atoms with E-state index in [1.54, 1.807) is 11.8 Å². The summed E-state index contributed by atoms with van der Waals surface area (Å²) in [5.74, 6) is 2.76. The van der Waals surface area contributed by atoms with E-state index in [-0.39, 0.29) is 0 Å². The summed E-state index contributed by atoms with van der Waals surface area (Å²) >= 11 is 1.57. The maximum Gasteiger partial charge on any atom is 0.191 e. The average molecular weight is 266 g/mol. The molecule has 0 spiro atoms. The molecule has 1 unspecified atom stereocenters. The molecule has 1 heterocycles. The van der Waals surface area contributed by atoms with Crippen molar-refractivity contribution in [3.05, 3.63) is 6.07 Å². The summed E-state index contributed by atoms with van der Waals surface area (Å²) in [6, 6.07) is 2.48. The van der Waals surface area contributed by atoms with Gasteiger partial charge in [0.2, 0.25) is 0 Å². The minimum atomic E-state index is 0.483. The molecule has 2 rings (SSSR count). The minimum absolute atomic E-state index is 0.483. The molecule has 1 aliphatic carbocycles. The van der Waals surface area contributed by atoms with Crippen LogP contribution in [0.25, 0.3) is 0 Å². The molecule has 18 heavy (non-hydrogen) atoms. The first-order valence-corrected chi connectivity index (χ1v) is 7.87. The number of anilines is 2. The third-order valence-electron chi connectivity index (χ3n) is 3.02. The van der Waals surface area contributed by atoms with E-state index in [0.717, 1.165) is 29.3 Å². The van der Waals surface area contributed by atoms with Crippen LogP contribution in [-0.4, -0.2) is 28.8 Å². The quantitative estimate of drug-likeness (QED) is 0.586. The highest BCUT2D eigenvalue weighted by atomic mass is 32.2. The molecule has 0 radical (unpaired) electrons. The lowest BCUT2D eigenvalue weighted by molar-refractivity contribution is 0.639. The molecule has 0 saturated heterocycles. The van der Waals surface area contributed by atoms with Gasteiger partial charge in [-0.2, -0.15) is 0 Å². The number of nitrogens with one attached hydrogen (secondary N) is 2. The molecule has 5 heteroatoms. The molecule has 0 aromatic carbocycles. The zero-order valence-electron chi connectivity index (χ0n) is 11.4. The number of rotatable bonds is 7. The first-order valence-electron chi connectivity index (χ1n) is 6.64. The van der Waals surface area contributed by atoms with Crippen molar-refractivity contribution >= 4 is 23.4 Å². The molecule has 1 fully saturated rings. The smallest absolute Gasteiger partial charge is 0.191 e. The molecular weight excluding hydrogens is 244 g/mol. The van der Waals surface area contributed by atoms with E-state index in [0.29, 0.717) is 6.04 Å². The van der Waals surface area contributed by atoms with E-state index in [2.05, 4.69) is 34.4 Å². The van der Waals surface area contributed by atoms with Crippen molar-refractivity contribution in [2.75, 3.05) is 23.4 Å². The highest BCUT2D eigenvalue weighted by molar-refractivity contribution is 7.98. The Morgan fingerprint density at radius 2 is 2.11 bits per heavy atom. The zero-order valence-corrected chi connectivity index (χ0v) is 12.2. The number of thioether (sulfide) groups is 1. The largest absolute Gasteiger partial charge is 0.370 e. The van der Waals surface area contributed by atoms with Crippen LogP contribution in [0.4, 0.5) is 11.6 Å². The maximum atomic E-state index is 4.50. The Kier molecular flexibility index (Phi) is 4.69. The second kappa shape index (κ2) is 6.27. The first-order chi connectivity index (χ1) is 8.71. The summed E-state index contributed by atoms with van der Waals surface area (Å²) in [7, 11) is 0. The van der Waals surface area contributed by atoms with Crippen LogP contribution < -0.4 is 10.6 Å². The Morgan fingerprint density at radius 1 is 1.39 bits per heavy atom. The van der Waals surface area contributed by atoms with Gasteiger partial charge in [0.1, 0.15) is 11.6 Å². The summed E-state index contributed by atoms with van der Waals surface area (Å²) in [4.78, 5) is 8.93. The maximum absolute atomic E-state index is 4.50. The van der Waals surface area contributed by atoms with Crippen LogP contribution in [0.15, 0.2) is 11.2 Å². The van der Waals surface area contributed by atoms with Crippen molar-refractivity contribution in [2.45, 2.75) is 44.3 Å². The Balaban J connectivity index is 2.02. The number of aromatic nitrogens is 2. The van der Waals surface area contributed by atoms with Crippen LogP contribution in [0.5, 0.6) is 0 Å². The van der Waals surface area contributed by atoms with Gasteiger partial charge in [0, 0.05) is 18.7 Å². The highest BCUT2D eigenvalue weighted by Gasteiger charge is 2.23. The predicted octanol–water partition coefficient (Wildman–Crippen LogP) is 3.23. The van der Waals surface area contributed by atoms with Crippen LogP contribution in [0, 0.1) is 5.92 Å². The monoisotopic (exact) mass is 266 g/mol.